The Kier molecular flexibility index (Phi) is 11.2. The lowest BCUT2D eigenvalue weighted by Gasteiger charge is -2.27. The first-order chi connectivity index (χ1) is 20.1. The molecule has 10 nitrogen and oxygen atoms in total. The number of halogens is 2. The van der Waals surface area contributed by atoms with Crippen molar-refractivity contribution in [2.24, 2.45) is 5.41 Å². The molecule has 1 aliphatic heterocycles. The van der Waals surface area contributed by atoms with Gasteiger partial charge in [0.05, 0.1) is 23.0 Å². The number of benzene rings is 1. The minimum Gasteiger partial charge on any atom is -0.492 e. The highest BCUT2D eigenvalue weighted by atomic mass is 35.5. The van der Waals surface area contributed by atoms with Crippen LogP contribution in [0.25, 0.3) is 11.0 Å². The first-order valence-electron chi connectivity index (χ1n) is 14.2. The van der Waals surface area contributed by atoms with Crippen LogP contribution in [0.1, 0.15) is 32.0 Å². The number of amides is 2. The summed E-state index contributed by atoms with van der Waals surface area (Å²) in [6.45, 7) is 10.4. The number of furan rings is 1. The Hall–Kier alpha value is -3.86. The van der Waals surface area contributed by atoms with Gasteiger partial charge in [-0.25, -0.2) is 0 Å². The summed E-state index contributed by atoms with van der Waals surface area (Å²) in [4.78, 5) is 49.1. The Balaban J connectivity index is 0.00000264. The minimum atomic E-state index is -1.17. The highest BCUT2D eigenvalue weighted by Gasteiger charge is 2.45. The molecular weight excluding hydrogens is 605 g/mol. The van der Waals surface area contributed by atoms with Gasteiger partial charge in [0.2, 0.25) is 11.8 Å². The zero-order valence-electron chi connectivity index (χ0n) is 25.6. The summed E-state index contributed by atoms with van der Waals surface area (Å²) < 4.78 is 13.2. The largest absolute Gasteiger partial charge is 0.492 e. The molecular formula is C32H39Cl2N5O5. The van der Waals surface area contributed by atoms with E-state index in [4.69, 9.17) is 9.15 Å². The van der Waals surface area contributed by atoms with E-state index in [1.807, 2.05) is 44.2 Å². The first kappa shape index (κ1) is 34.6. The fraction of sp³-hybridized carbons (Fsp3) is 0.375. The van der Waals surface area contributed by atoms with E-state index in [1.165, 1.54) is 6.26 Å². The van der Waals surface area contributed by atoms with Gasteiger partial charge in [-0.2, -0.15) is 0 Å². The molecule has 0 spiro atoms. The van der Waals surface area contributed by atoms with Gasteiger partial charge in [-0.1, -0.05) is 6.07 Å². The van der Waals surface area contributed by atoms with Gasteiger partial charge in [-0.15, -0.1) is 24.8 Å². The van der Waals surface area contributed by atoms with Gasteiger partial charge in [0.25, 0.3) is 5.56 Å². The van der Waals surface area contributed by atoms with Crippen molar-refractivity contribution in [3.05, 3.63) is 82.7 Å². The van der Waals surface area contributed by atoms with E-state index in [1.54, 1.807) is 53.7 Å². The molecule has 2 amide bonds. The number of aromatic nitrogens is 2. The van der Waals surface area contributed by atoms with Crippen molar-refractivity contribution in [2.45, 2.75) is 40.8 Å². The fourth-order valence-corrected chi connectivity index (χ4v) is 5.39. The third-order valence-electron chi connectivity index (χ3n) is 7.97. The molecule has 44 heavy (non-hydrogen) atoms. The molecule has 0 aliphatic carbocycles. The molecule has 12 heteroatoms. The number of carbonyl (C=O) groups is 2. The number of fused-ring (bicyclic) bond motifs is 2. The molecule has 0 atom stereocenters. The van der Waals surface area contributed by atoms with Crippen molar-refractivity contribution >= 4 is 59.0 Å². The van der Waals surface area contributed by atoms with E-state index < -0.39 is 5.41 Å². The van der Waals surface area contributed by atoms with E-state index in [0.717, 1.165) is 11.3 Å². The summed E-state index contributed by atoms with van der Waals surface area (Å²) in [6.07, 6.45) is 5.07. The molecule has 0 bridgehead atoms. The molecule has 0 unspecified atom stereocenters. The Morgan fingerprint density at radius 3 is 2.50 bits per heavy atom. The topological polar surface area (TPSA) is 101 Å². The third-order valence-corrected chi connectivity index (χ3v) is 7.97. The van der Waals surface area contributed by atoms with Crippen molar-refractivity contribution in [1.29, 1.82) is 0 Å². The van der Waals surface area contributed by atoms with Crippen LogP contribution in [0.5, 0.6) is 5.75 Å². The second-order valence-corrected chi connectivity index (χ2v) is 11.1. The standard InChI is InChI=1S/C32H37N5O5.2ClH/c1-6-37-26-10-9-24(20-27(26)34(5)30(39)32(3,4)31(37)40)41-19-17-35(21-23-8-7-13-33-22(23)2)15-16-36-14-11-28-25(29(36)38)12-18-42-28;;/h7-14,18,20H,6,15-17,19,21H2,1-5H3;2*1H. The molecule has 0 radical (unpaired) electrons. The van der Waals surface area contributed by atoms with E-state index in [0.29, 0.717) is 67.4 Å². The second kappa shape index (κ2) is 14.3. The summed E-state index contributed by atoms with van der Waals surface area (Å²) in [5, 5.41) is 0.564. The van der Waals surface area contributed by atoms with Crippen LogP contribution < -0.4 is 20.1 Å². The summed E-state index contributed by atoms with van der Waals surface area (Å²) in [6, 6.07) is 13.0. The molecule has 0 N–H and O–H groups in total. The zero-order valence-corrected chi connectivity index (χ0v) is 27.2. The van der Waals surface area contributed by atoms with Crippen molar-refractivity contribution in [2.75, 3.05) is 43.1 Å². The number of pyridine rings is 2. The van der Waals surface area contributed by atoms with Gasteiger partial charge in [0.1, 0.15) is 23.4 Å². The summed E-state index contributed by atoms with van der Waals surface area (Å²) in [7, 11) is 1.69. The number of rotatable bonds is 10. The number of ether oxygens (including phenoxy) is 1. The average Bonchev–Trinajstić information content (AvgIpc) is 3.46. The van der Waals surface area contributed by atoms with E-state index in [9.17, 15) is 14.4 Å². The van der Waals surface area contributed by atoms with Crippen LogP contribution in [0.15, 0.2) is 70.3 Å². The van der Waals surface area contributed by atoms with Crippen molar-refractivity contribution in [3.63, 3.8) is 0 Å². The first-order valence-corrected chi connectivity index (χ1v) is 14.2. The Bertz CT molecular complexity index is 1690. The van der Waals surface area contributed by atoms with Gasteiger partial charge in [-0.3, -0.25) is 24.3 Å². The Morgan fingerprint density at radius 2 is 1.77 bits per heavy atom. The van der Waals surface area contributed by atoms with Crippen molar-refractivity contribution in [1.82, 2.24) is 14.5 Å². The lowest BCUT2D eigenvalue weighted by Crippen LogP contribution is -2.47. The smallest absolute Gasteiger partial charge is 0.261 e. The monoisotopic (exact) mass is 643 g/mol. The molecule has 0 saturated heterocycles. The molecule has 0 fully saturated rings. The highest BCUT2D eigenvalue weighted by Crippen LogP contribution is 2.40. The van der Waals surface area contributed by atoms with Gasteiger partial charge >= 0.3 is 0 Å². The van der Waals surface area contributed by atoms with Gasteiger partial charge < -0.3 is 23.5 Å². The second-order valence-electron chi connectivity index (χ2n) is 11.1. The fourth-order valence-electron chi connectivity index (χ4n) is 5.39. The summed E-state index contributed by atoms with van der Waals surface area (Å²) in [5.74, 6) is 0.126. The van der Waals surface area contributed by atoms with Crippen LogP contribution in [0, 0.1) is 12.3 Å². The van der Waals surface area contributed by atoms with E-state index >= 15 is 0 Å². The maximum Gasteiger partial charge on any atom is 0.261 e. The van der Waals surface area contributed by atoms with Crippen LogP contribution >= 0.6 is 24.8 Å². The number of anilines is 2. The SMILES string of the molecule is CCN1C(=O)C(C)(C)C(=O)N(C)c2cc(OCCN(CCn3ccc4occc4c3=O)Cc3cccnc3C)ccc21.Cl.Cl. The molecule has 236 valence electrons. The minimum absolute atomic E-state index is 0. The zero-order chi connectivity index (χ0) is 30.0. The molecule has 4 aromatic rings. The molecule has 0 saturated carbocycles. The van der Waals surface area contributed by atoms with Gasteiger partial charge in [-0.05, 0) is 63.6 Å². The molecule has 1 aliphatic rings. The van der Waals surface area contributed by atoms with Crippen molar-refractivity contribution < 1.29 is 18.7 Å². The maximum absolute atomic E-state index is 13.2. The number of carbonyl (C=O) groups excluding carboxylic acids is 2. The molecule has 5 rings (SSSR count). The molecule has 1 aromatic carbocycles. The number of hydrogen-bond acceptors (Lipinski definition) is 7. The van der Waals surface area contributed by atoms with Crippen molar-refractivity contribution in [3.8, 4) is 5.75 Å². The normalized spacial score (nSPS) is 14.2. The summed E-state index contributed by atoms with van der Waals surface area (Å²) in [5.41, 5.74) is 2.71. The Morgan fingerprint density at radius 1 is 1.00 bits per heavy atom. The van der Waals surface area contributed by atoms with Crippen LogP contribution in [0.3, 0.4) is 0 Å². The van der Waals surface area contributed by atoms with Crippen LogP contribution in [-0.2, 0) is 22.7 Å². The Labute approximate surface area is 269 Å². The lowest BCUT2D eigenvalue weighted by molar-refractivity contribution is -0.137. The predicted molar refractivity (Wildman–Crippen MR) is 176 cm³/mol. The van der Waals surface area contributed by atoms with Crippen LogP contribution in [0.4, 0.5) is 11.4 Å². The molecule has 3 aromatic heterocycles. The van der Waals surface area contributed by atoms with Crippen LogP contribution in [-0.4, -0.2) is 59.6 Å². The summed E-state index contributed by atoms with van der Waals surface area (Å²) >= 11 is 0. The number of hydrogen-bond donors (Lipinski definition) is 0. The third kappa shape index (κ3) is 6.77. The molecule has 4 heterocycles. The van der Waals surface area contributed by atoms with Gasteiger partial charge in [0, 0.05) is 63.9 Å². The maximum atomic E-state index is 13.2. The number of nitrogens with zero attached hydrogens (tertiary/aromatic N) is 5. The highest BCUT2D eigenvalue weighted by molar-refractivity contribution is 6.20. The van der Waals surface area contributed by atoms with Gasteiger partial charge in [0.15, 0.2) is 0 Å². The number of aryl methyl sites for hydroxylation is 1. The average molecular weight is 645 g/mol. The predicted octanol–water partition coefficient (Wildman–Crippen LogP) is 5.08. The van der Waals surface area contributed by atoms with Crippen LogP contribution in [0.2, 0.25) is 0 Å². The quantitative estimate of drug-likeness (QED) is 0.222. The lowest BCUT2D eigenvalue weighted by atomic mass is 9.90. The van der Waals surface area contributed by atoms with E-state index in [-0.39, 0.29) is 42.2 Å². The van der Waals surface area contributed by atoms with E-state index in [2.05, 4.69) is 16.0 Å².